The smallest absolute Gasteiger partial charge is 0.223 e. The Morgan fingerprint density at radius 3 is 2.60 bits per heavy atom. The first-order chi connectivity index (χ1) is 6.84. The van der Waals surface area contributed by atoms with E-state index in [4.69, 9.17) is 0 Å². The van der Waals surface area contributed by atoms with Crippen molar-refractivity contribution in [2.45, 2.75) is 27.2 Å². The Morgan fingerprint density at radius 2 is 2.20 bits per heavy atom. The summed E-state index contributed by atoms with van der Waals surface area (Å²) in [4.78, 5) is 13.7. The molecule has 86 valence electrons. The number of amides is 1. The standard InChI is InChI=1S/C12H21NOS/c1-9(8-15)6-13-7-10(5-11(13)14)12(2,3)4/h10,15H,1,5-8H2,2-4H3. The Labute approximate surface area is 98.1 Å². The third-order valence-corrected chi connectivity index (χ3v) is 3.52. The first-order valence-electron chi connectivity index (χ1n) is 5.40. The lowest BCUT2D eigenvalue weighted by Gasteiger charge is -2.26. The zero-order chi connectivity index (χ0) is 11.6. The normalized spacial score (nSPS) is 22.3. The fourth-order valence-electron chi connectivity index (χ4n) is 1.82. The minimum Gasteiger partial charge on any atom is -0.338 e. The molecule has 1 rings (SSSR count). The van der Waals surface area contributed by atoms with E-state index in [2.05, 4.69) is 40.0 Å². The maximum absolute atomic E-state index is 11.7. The van der Waals surface area contributed by atoms with Crippen LogP contribution in [0, 0.1) is 11.3 Å². The number of carbonyl (C=O) groups is 1. The maximum Gasteiger partial charge on any atom is 0.223 e. The third kappa shape index (κ3) is 3.26. The molecule has 1 aliphatic heterocycles. The Balaban J connectivity index is 2.57. The van der Waals surface area contributed by atoms with Gasteiger partial charge in [0.15, 0.2) is 0 Å². The number of nitrogens with zero attached hydrogens (tertiary/aromatic N) is 1. The Hall–Kier alpha value is -0.440. The first-order valence-corrected chi connectivity index (χ1v) is 6.03. The number of hydrogen-bond acceptors (Lipinski definition) is 2. The number of thiol groups is 1. The van der Waals surface area contributed by atoms with Crippen LogP contribution < -0.4 is 0 Å². The molecule has 0 radical (unpaired) electrons. The van der Waals surface area contributed by atoms with Crippen LogP contribution in [-0.2, 0) is 4.79 Å². The van der Waals surface area contributed by atoms with Gasteiger partial charge in [0, 0.05) is 25.3 Å². The van der Waals surface area contributed by atoms with Crippen LogP contribution in [0.2, 0.25) is 0 Å². The summed E-state index contributed by atoms with van der Waals surface area (Å²) in [5.74, 6) is 1.39. The van der Waals surface area contributed by atoms with E-state index in [9.17, 15) is 4.79 Å². The van der Waals surface area contributed by atoms with E-state index in [1.165, 1.54) is 0 Å². The zero-order valence-electron chi connectivity index (χ0n) is 9.92. The van der Waals surface area contributed by atoms with Crippen LogP contribution >= 0.6 is 12.6 Å². The molecule has 0 spiro atoms. The molecule has 15 heavy (non-hydrogen) atoms. The highest BCUT2D eigenvalue weighted by molar-refractivity contribution is 7.80. The summed E-state index contributed by atoms with van der Waals surface area (Å²) in [5, 5.41) is 0. The number of likely N-dealkylation sites (tertiary alicyclic amines) is 1. The molecule has 0 aromatic rings. The van der Waals surface area contributed by atoms with Gasteiger partial charge in [0.1, 0.15) is 0 Å². The van der Waals surface area contributed by atoms with Crippen molar-refractivity contribution in [2.24, 2.45) is 11.3 Å². The van der Waals surface area contributed by atoms with Crippen LogP contribution in [0.1, 0.15) is 27.2 Å². The van der Waals surface area contributed by atoms with Crippen LogP contribution in [0.4, 0.5) is 0 Å². The second-order valence-corrected chi connectivity index (χ2v) is 5.77. The van der Waals surface area contributed by atoms with Crippen molar-refractivity contribution >= 4 is 18.5 Å². The molecule has 1 amide bonds. The molecule has 0 saturated carbocycles. The van der Waals surface area contributed by atoms with Gasteiger partial charge in [0.25, 0.3) is 0 Å². The highest BCUT2D eigenvalue weighted by Crippen LogP contribution is 2.34. The Morgan fingerprint density at radius 1 is 1.60 bits per heavy atom. The molecule has 0 N–H and O–H groups in total. The van der Waals surface area contributed by atoms with Crippen LogP contribution in [0.5, 0.6) is 0 Å². The molecule has 1 fully saturated rings. The number of hydrogen-bond donors (Lipinski definition) is 1. The SMILES string of the molecule is C=C(CS)CN1CC(C(C)(C)C)CC1=O. The highest BCUT2D eigenvalue weighted by atomic mass is 32.1. The molecular formula is C12H21NOS. The van der Waals surface area contributed by atoms with E-state index in [0.717, 1.165) is 12.1 Å². The van der Waals surface area contributed by atoms with E-state index in [-0.39, 0.29) is 11.3 Å². The lowest BCUT2D eigenvalue weighted by Crippen LogP contribution is -2.29. The fourth-order valence-corrected chi connectivity index (χ4v) is 1.92. The van der Waals surface area contributed by atoms with Crippen LogP contribution in [-0.4, -0.2) is 29.6 Å². The molecule has 1 unspecified atom stereocenters. The van der Waals surface area contributed by atoms with Gasteiger partial charge in [-0.1, -0.05) is 27.4 Å². The summed E-state index contributed by atoms with van der Waals surface area (Å²) >= 11 is 4.16. The van der Waals surface area contributed by atoms with E-state index < -0.39 is 0 Å². The van der Waals surface area contributed by atoms with E-state index in [0.29, 0.717) is 24.6 Å². The topological polar surface area (TPSA) is 20.3 Å². The summed E-state index contributed by atoms with van der Waals surface area (Å²) in [6.07, 6.45) is 0.684. The van der Waals surface area contributed by atoms with Gasteiger partial charge >= 0.3 is 0 Å². The Bertz CT molecular complexity index is 267. The van der Waals surface area contributed by atoms with E-state index >= 15 is 0 Å². The molecule has 1 saturated heterocycles. The van der Waals surface area contributed by atoms with Gasteiger partial charge < -0.3 is 4.90 Å². The fraction of sp³-hybridized carbons (Fsp3) is 0.750. The predicted octanol–water partition coefficient (Wildman–Crippen LogP) is 2.37. The zero-order valence-corrected chi connectivity index (χ0v) is 10.8. The second-order valence-electron chi connectivity index (χ2n) is 5.45. The summed E-state index contributed by atoms with van der Waals surface area (Å²) in [6.45, 7) is 12.0. The van der Waals surface area contributed by atoms with Crippen molar-refractivity contribution in [1.29, 1.82) is 0 Å². The van der Waals surface area contributed by atoms with Gasteiger partial charge in [-0.15, -0.1) is 0 Å². The molecule has 1 aliphatic rings. The van der Waals surface area contributed by atoms with Gasteiger partial charge in [-0.25, -0.2) is 0 Å². The molecule has 0 aliphatic carbocycles. The first kappa shape index (κ1) is 12.6. The van der Waals surface area contributed by atoms with Gasteiger partial charge in [0.2, 0.25) is 5.91 Å². The lowest BCUT2D eigenvalue weighted by molar-refractivity contribution is -0.127. The number of rotatable bonds is 3. The van der Waals surface area contributed by atoms with Crippen LogP contribution in [0.3, 0.4) is 0 Å². The average molecular weight is 227 g/mol. The van der Waals surface area contributed by atoms with Crippen molar-refractivity contribution in [3.8, 4) is 0 Å². The van der Waals surface area contributed by atoms with Gasteiger partial charge in [-0.2, -0.15) is 12.6 Å². The van der Waals surface area contributed by atoms with Crippen LogP contribution in [0.25, 0.3) is 0 Å². The molecule has 0 aromatic heterocycles. The van der Waals surface area contributed by atoms with E-state index in [1.807, 2.05) is 4.90 Å². The van der Waals surface area contributed by atoms with Crippen molar-refractivity contribution in [2.75, 3.05) is 18.8 Å². The van der Waals surface area contributed by atoms with Crippen molar-refractivity contribution in [3.63, 3.8) is 0 Å². The summed E-state index contributed by atoms with van der Waals surface area (Å²) in [7, 11) is 0. The summed E-state index contributed by atoms with van der Waals surface area (Å²) in [5.41, 5.74) is 1.23. The van der Waals surface area contributed by atoms with Crippen LogP contribution in [0.15, 0.2) is 12.2 Å². The molecule has 0 bridgehead atoms. The maximum atomic E-state index is 11.7. The lowest BCUT2D eigenvalue weighted by atomic mass is 9.80. The van der Waals surface area contributed by atoms with Crippen molar-refractivity contribution < 1.29 is 4.79 Å². The predicted molar refractivity (Wildman–Crippen MR) is 67.1 cm³/mol. The molecule has 0 aromatic carbocycles. The highest BCUT2D eigenvalue weighted by Gasteiger charge is 2.36. The molecule has 1 heterocycles. The number of carbonyl (C=O) groups excluding carboxylic acids is 1. The molecule has 3 heteroatoms. The van der Waals surface area contributed by atoms with Gasteiger partial charge in [0.05, 0.1) is 0 Å². The molecule has 2 nitrogen and oxygen atoms in total. The van der Waals surface area contributed by atoms with Gasteiger partial charge in [-0.05, 0) is 16.9 Å². The quantitative estimate of drug-likeness (QED) is 0.580. The van der Waals surface area contributed by atoms with Crippen molar-refractivity contribution in [3.05, 3.63) is 12.2 Å². The Kier molecular flexibility index (Phi) is 3.87. The van der Waals surface area contributed by atoms with Crippen molar-refractivity contribution in [1.82, 2.24) is 4.90 Å². The average Bonchev–Trinajstić information content (AvgIpc) is 2.47. The largest absolute Gasteiger partial charge is 0.338 e. The second kappa shape index (κ2) is 4.60. The van der Waals surface area contributed by atoms with E-state index in [1.54, 1.807) is 0 Å². The minimum atomic E-state index is 0.215. The summed E-state index contributed by atoms with van der Waals surface area (Å²) in [6, 6.07) is 0. The molecule has 1 atom stereocenters. The monoisotopic (exact) mass is 227 g/mol. The molecular weight excluding hydrogens is 206 g/mol. The van der Waals surface area contributed by atoms with Gasteiger partial charge in [-0.3, -0.25) is 4.79 Å². The minimum absolute atomic E-state index is 0.215. The third-order valence-electron chi connectivity index (χ3n) is 3.08. The summed E-state index contributed by atoms with van der Waals surface area (Å²) < 4.78 is 0.